The van der Waals surface area contributed by atoms with Crippen LogP contribution >= 0.6 is 0 Å². The molecule has 84 valence electrons. The second-order valence-electron chi connectivity index (χ2n) is 3.96. The van der Waals surface area contributed by atoms with Crippen LogP contribution in [0.25, 0.3) is 0 Å². The SMILES string of the molecule is CCOc1c(C)cc(C(C)C)cc1OC. The molecule has 15 heavy (non-hydrogen) atoms. The Morgan fingerprint density at radius 1 is 1.27 bits per heavy atom. The van der Waals surface area contributed by atoms with Crippen LogP contribution in [0.3, 0.4) is 0 Å². The van der Waals surface area contributed by atoms with Gasteiger partial charge in [-0.05, 0) is 37.0 Å². The summed E-state index contributed by atoms with van der Waals surface area (Å²) in [5, 5.41) is 0. The van der Waals surface area contributed by atoms with Gasteiger partial charge >= 0.3 is 0 Å². The summed E-state index contributed by atoms with van der Waals surface area (Å²) >= 11 is 0. The molecule has 1 rings (SSSR count). The number of ether oxygens (including phenoxy) is 2. The molecule has 0 fully saturated rings. The molecular formula is C13H20O2. The smallest absolute Gasteiger partial charge is 0.164 e. The summed E-state index contributed by atoms with van der Waals surface area (Å²) in [6.45, 7) is 9.05. The fraction of sp³-hybridized carbons (Fsp3) is 0.538. The summed E-state index contributed by atoms with van der Waals surface area (Å²) in [5.74, 6) is 2.21. The Bertz CT molecular complexity index is 330. The highest BCUT2D eigenvalue weighted by atomic mass is 16.5. The maximum Gasteiger partial charge on any atom is 0.164 e. The lowest BCUT2D eigenvalue weighted by atomic mass is 10.00. The highest BCUT2D eigenvalue weighted by Crippen LogP contribution is 2.34. The third kappa shape index (κ3) is 2.65. The number of methoxy groups -OCH3 is 1. The lowest BCUT2D eigenvalue weighted by molar-refractivity contribution is 0.308. The van der Waals surface area contributed by atoms with E-state index in [1.54, 1.807) is 7.11 Å². The minimum Gasteiger partial charge on any atom is -0.493 e. The van der Waals surface area contributed by atoms with Crippen LogP contribution in [-0.2, 0) is 0 Å². The van der Waals surface area contributed by atoms with Crippen molar-refractivity contribution in [1.82, 2.24) is 0 Å². The van der Waals surface area contributed by atoms with Crippen LogP contribution in [0, 0.1) is 6.92 Å². The molecule has 0 radical (unpaired) electrons. The summed E-state index contributed by atoms with van der Waals surface area (Å²) in [6.07, 6.45) is 0. The molecule has 0 N–H and O–H groups in total. The first-order valence-corrected chi connectivity index (χ1v) is 5.41. The van der Waals surface area contributed by atoms with E-state index in [4.69, 9.17) is 9.47 Å². The van der Waals surface area contributed by atoms with Crippen LogP contribution < -0.4 is 9.47 Å². The van der Waals surface area contributed by atoms with Gasteiger partial charge in [0.05, 0.1) is 13.7 Å². The summed E-state index contributed by atoms with van der Waals surface area (Å²) in [4.78, 5) is 0. The zero-order valence-electron chi connectivity index (χ0n) is 10.3. The Balaban J connectivity index is 3.18. The van der Waals surface area contributed by atoms with Gasteiger partial charge in [0.25, 0.3) is 0 Å². The molecule has 0 amide bonds. The van der Waals surface area contributed by atoms with Gasteiger partial charge in [-0.1, -0.05) is 19.9 Å². The monoisotopic (exact) mass is 208 g/mol. The molecule has 0 saturated carbocycles. The maximum atomic E-state index is 5.57. The average molecular weight is 208 g/mol. The van der Waals surface area contributed by atoms with E-state index in [0.29, 0.717) is 12.5 Å². The lowest BCUT2D eigenvalue weighted by Crippen LogP contribution is -2.00. The summed E-state index contributed by atoms with van der Waals surface area (Å²) < 4.78 is 10.9. The van der Waals surface area contributed by atoms with Crippen molar-refractivity contribution >= 4 is 0 Å². The molecule has 0 aliphatic rings. The van der Waals surface area contributed by atoms with Gasteiger partial charge in [0.15, 0.2) is 11.5 Å². The van der Waals surface area contributed by atoms with Gasteiger partial charge in [0.1, 0.15) is 0 Å². The van der Waals surface area contributed by atoms with Gasteiger partial charge in [-0.25, -0.2) is 0 Å². The topological polar surface area (TPSA) is 18.5 Å². The summed E-state index contributed by atoms with van der Waals surface area (Å²) in [6, 6.07) is 4.22. The van der Waals surface area contributed by atoms with Crippen molar-refractivity contribution < 1.29 is 9.47 Å². The van der Waals surface area contributed by atoms with Crippen molar-refractivity contribution in [3.63, 3.8) is 0 Å². The van der Waals surface area contributed by atoms with Crippen molar-refractivity contribution in [1.29, 1.82) is 0 Å². The lowest BCUT2D eigenvalue weighted by Gasteiger charge is -2.15. The van der Waals surface area contributed by atoms with Crippen LogP contribution in [-0.4, -0.2) is 13.7 Å². The van der Waals surface area contributed by atoms with Crippen molar-refractivity contribution in [2.75, 3.05) is 13.7 Å². The fourth-order valence-electron chi connectivity index (χ4n) is 1.58. The molecular weight excluding hydrogens is 188 g/mol. The van der Waals surface area contributed by atoms with Gasteiger partial charge in [-0.2, -0.15) is 0 Å². The number of hydrogen-bond acceptors (Lipinski definition) is 2. The minimum absolute atomic E-state index is 0.508. The third-order valence-corrected chi connectivity index (χ3v) is 2.44. The Morgan fingerprint density at radius 3 is 2.40 bits per heavy atom. The van der Waals surface area contributed by atoms with Crippen molar-refractivity contribution in [3.8, 4) is 11.5 Å². The van der Waals surface area contributed by atoms with E-state index in [9.17, 15) is 0 Å². The van der Waals surface area contributed by atoms with E-state index in [1.165, 1.54) is 5.56 Å². The van der Waals surface area contributed by atoms with Gasteiger partial charge in [0, 0.05) is 0 Å². The van der Waals surface area contributed by atoms with Gasteiger partial charge in [-0.15, -0.1) is 0 Å². The molecule has 0 aromatic heterocycles. The van der Waals surface area contributed by atoms with Crippen LogP contribution in [0.2, 0.25) is 0 Å². The first kappa shape index (κ1) is 11.9. The molecule has 0 heterocycles. The predicted octanol–water partition coefficient (Wildman–Crippen LogP) is 3.53. The number of aryl methyl sites for hydroxylation is 1. The Kier molecular flexibility index (Phi) is 4.01. The fourth-order valence-corrected chi connectivity index (χ4v) is 1.58. The van der Waals surface area contributed by atoms with Gasteiger partial charge in [0.2, 0.25) is 0 Å². The minimum atomic E-state index is 0.508. The van der Waals surface area contributed by atoms with Crippen molar-refractivity contribution in [2.45, 2.75) is 33.6 Å². The molecule has 0 aliphatic carbocycles. The highest BCUT2D eigenvalue weighted by Gasteiger charge is 2.11. The zero-order chi connectivity index (χ0) is 11.4. The predicted molar refractivity (Wildman–Crippen MR) is 63.0 cm³/mol. The molecule has 0 saturated heterocycles. The number of benzene rings is 1. The summed E-state index contributed by atoms with van der Waals surface area (Å²) in [7, 11) is 1.68. The van der Waals surface area contributed by atoms with Gasteiger partial charge in [-0.3, -0.25) is 0 Å². The molecule has 0 spiro atoms. The quantitative estimate of drug-likeness (QED) is 0.753. The average Bonchev–Trinajstić information content (AvgIpc) is 2.20. The Morgan fingerprint density at radius 2 is 1.93 bits per heavy atom. The summed E-state index contributed by atoms with van der Waals surface area (Å²) in [5.41, 5.74) is 2.42. The molecule has 1 aromatic carbocycles. The van der Waals surface area contributed by atoms with Crippen LogP contribution in [0.4, 0.5) is 0 Å². The number of hydrogen-bond donors (Lipinski definition) is 0. The second-order valence-corrected chi connectivity index (χ2v) is 3.96. The maximum absolute atomic E-state index is 5.57. The molecule has 0 aliphatic heterocycles. The molecule has 0 atom stereocenters. The molecule has 2 heteroatoms. The van der Waals surface area contributed by atoms with E-state index in [-0.39, 0.29) is 0 Å². The first-order valence-electron chi connectivity index (χ1n) is 5.41. The van der Waals surface area contributed by atoms with E-state index in [0.717, 1.165) is 17.1 Å². The Hall–Kier alpha value is -1.18. The van der Waals surface area contributed by atoms with E-state index in [2.05, 4.69) is 32.9 Å². The molecule has 0 bridgehead atoms. The first-order chi connectivity index (χ1) is 7.10. The zero-order valence-corrected chi connectivity index (χ0v) is 10.3. The standard InChI is InChI=1S/C13H20O2/c1-6-15-13-10(4)7-11(9(2)3)8-12(13)14-5/h7-9H,6H2,1-5H3. The molecule has 2 nitrogen and oxygen atoms in total. The van der Waals surface area contributed by atoms with Crippen LogP contribution in [0.15, 0.2) is 12.1 Å². The highest BCUT2D eigenvalue weighted by molar-refractivity contribution is 5.49. The third-order valence-electron chi connectivity index (χ3n) is 2.44. The van der Waals surface area contributed by atoms with Crippen LogP contribution in [0.5, 0.6) is 11.5 Å². The normalized spacial score (nSPS) is 10.5. The second kappa shape index (κ2) is 5.06. The van der Waals surface area contributed by atoms with E-state index < -0.39 is 0 Å². The van der Waals surface area contributed by atoms with Crippen LogP contribution in [0.1, 0.15) is 37.8 Å². The van der Waals surface area contributed by atoms with Crippen molar-refractivity contribution in [2.24, 2.45) is 0 Å². The molecule has 0 unspecified atom stereocenters. The van der Waals surface area contributed by atoms with E-state index in [1.807, 2.05) is 6.92 Å². The largest absolute Gasteiger partial charge is 0.493 e. The van der Waals surface area contributed by atoms with Gasteiger partial charge < -0.3 is 9.47 Å². The molecule has 1 aromatic rings. The van der Waals surface area contributed by atoms with E-state index >= 15 is 0 Å². The van der Waals surface area contributed by atoms with Crippen molar-refractivity contribution in [3.05, 3.63) is 23.3 Å². The Labute approximate surface area is 92.2 Å². The number of rotatable bonds is 4.